The molecule has 1 nitrogen and oxygen atoms in total. The number of hydrogen-bond donors (Lipinski definition) is 0. The van der Waals surface area contributed by atoms with Crippen molar-refractivity contribution < 1.29 is 0 Å². The third kappa shape index (κ3) is 3.47. The molecule has 3 fully saturated rings. The zero-order valence-electron chi connectivity index (χ0n) is 13.5. The molecule has 0 aromatic carbocycles. The molecule has 0 aromatic rings. The third-order valence-corrected chi connectivity index (χ3v) is 6.09. The van der Waals surface area contributed by atoms with Crippen LogP contribution in [-0.2, 0) is 0 Å². The fourth-order valence-electron chi connectivity index (χ4n) is 4.91. The molecule has 0 amide bonds. The quantitative estimate of drug-likeness (QED) is 0.628. The van der Waals surface area contributed by atoms with Gasteiger partial charge in [0.25, 0.3) is 0 Å². The lowest BCUT2D eigenvalue weighted by atomic mass is 9.71. The van der Waals surface area contributed by atoms with Crippen molar-refractivity contribution in [2.24, 2.45) is 11.8 Å². The standard InChI is InChI=1S/C19H33N/c1-20-14-12-18(13-15-20)19(16-8-4-2-5-9-16)17-10-6-3-7-11-17/h16-17H,2-15H2,1H3. The van der Waals surface area contributed by atoms with E-state index < -0.39 is 0 Å². The summed E-state index contributed by atoms with van der Waals surface area (Å²) in [5.41, 5.74) is 3.90. The highest BCUT2D eigenvalue weighted by molar-refractivity contribution is 5.23. The van der Waals surface area contributed by atoms with E-state index in [4.69, 9.17) is 0 Å². The van der Waals surface area contributed by atoms with Gasteiger partial charge in [-0.15, -0.1) is 0 Å². The van der Waals surface area contributed by atoms with Crippen molar-refractivity contribution in [3.05, 3.63) is 11.1 Å². The molecule has 0 aromatic heterocycles. The van der Waals surface area contributed by atoms with Crippen LogP contribution in [0.5, 0.6) is 0 Å². The van der Waals surface area contributed by atoms with E-state index in [-0.39, 0.29) is 0 Å². The number of rotatable bonds is 2. The van der Waals surface area contributed by atoms with Crippen molar-refractivity contribution in [1.29, 1.82) is 0 Å². The van der Waals surface area contributed by atoms with Gasteiger partial charge in [0.2, 0.25) is 0 Å². The van der Waals surface area contributed by atoms with Gasteiger partial charge in [0.15, 0.2) is 0 Å². The van der Waals surface area contributed by atoms with Gasteiger partial charge < -0.3 is 4.90 Å². The minimum absolute atomic E-state index is 0.977. The summed E-state index contributed by atoms with van der Waals surface area (Å²) in [7, 11) is 2.29. The average Bonchev–Trinajstić information content (AvgIpc) is 2.52. The monoisotopic (exact) mass is 275 g/mol. The van der Waals surface area contributed by atoms with Crippen molar-refractivity contribution in [3.8, 4) is 0 Å². The molecular weight excluding hydrogens is 242 g/mol. The molecule has 20 heavy (non-hydrogen) atoms. The maximum atomic E-state index is 2.52. The molecule has 1 aliphatic heterocycles. The lowest BCUT2D eigenvalue weighted by Gasteiger charge is -2.37. The molecule has 2 saturated carbocycles. The normalized spacial score (nSPS) is 27.8. The Morgan fingerprint density at radius 3 is 1.65 bits per heavy atom. The highest BCUT2D eigenvalue weighted by Crippen LogP contribution is 2.42. The van der Waals surface area contributed by atoms with E-state index in [0.717, 1.165) is 11.8 Å². The first-order chi connectivity index (χ1) is 9.84. The highest BCUT2D eigenvalue weighted by atomic mass is 15.1. The van der Waals surface area contributed by atoms with E-state index in [1.165, 1.54) is 90.1 Å². The van der Waals surface area contributed by atoms with Gasteiger partial charge in [-0.2, -0.15) is 0 Å². The largest absolute Gasteiger partial charge is 0.306 e. The minimum Gasteiger partial charge on any atom is -0.306 e. The number of hydrogen-bond acceptors (Lipinski definition) is 1. The van der Waals surface area contributed by atoms with Gasteiger partial charge in [-0.05, 0) is 57.4 Å². The Bertz CT molecular complexity index is 302. The van der Waals surface area contributed by atoms with Crippen LogP contribution in [-0.4, -0.2) is 25.0 Å². The molecule has 0 radical (unpaired) electrons. The summed E-state index contributed by atoms with van der Waals surface area (Å²) in [6.45, 7) is 2.61. The van der Waals surface area contributed by atoms with Crippen molar-refractivity contribution >= 4 is 0 Å². The molecule has 0 unspecified atom stereocenters. The summed E-state index contributed by atoms with van der Waals surface area (Å²) in [5.74, 6) is 1.95. The summed E-state index contributed by atoms with van der Waals surface area (Å²) in [6, 6.07) is 0. The van der Waals surface area contributed by atoms with E-state index in [9.17, 15) is 0 Å². The van der Waals surface area contributed by atoms with E-state index in [0.29, 0.717) is 0 Å². The highest BCUT2D eigenvalue weighted by Gasteiger charge is 2.29. The summed E-state index contributed by atoms with van der Waals surface area (Å²) in [4.78, 5) is 2.52. The Hall–Kier alpha value is -0.300. The van der Waals surface area contributed by atoms with Crippen LogP contribution in [0.4, 0.5) is 0 Å². The molecule has 0 N–H and O–H groups in total. The van der Waals surface area contributed by atoms with Crippen LogP contribution < -0.4 is 0 Å². The summed E-state index contributed by atoms with van der Waals surface area (Å²) >= 11 is 0. The lowest BCUT2D eigenvalue weighted by Crippen LogP contribution is -2.29. The summed E-state index contributed by atoms with van der Waals surface area (Å²) in [5, 5.41) is 0. The van der Waals surface area contributed by atoms with Crippen molar-refractivity contribution in [2.75, 3.05) is 20.1 Å². The van der Waals surface area contributed by atoms with Crippen LogP contribution in [0.15, 0.2) is 11.1 Å². The Balaban J connectivity index is 1.79. The molecule has 3 rings (SSSR count). The van der Waals surface area contributed by atoms with Gasteiger partial charge in [-0.1, -0.05) is 49.7 Å². The number of piperidine rings is 1. The molecule has 0 atom stereocenters. The summed E-state index contributed by atoms with van der Waals surface area (Å²) in [6.07, 6.45) is 17.7. The third-order valence-electron chi connectivity index (χ3n) is 6.09. The molecule has 1 heteroatoms. The Morgan fingerprint density at radius 2 is 1.20 bits per heavy atom. The first-order valence-corrected chi connectivity index (χ1v) is 9.25. The minimum atomic E-state index is 0.977. The number of allylic oxidation sites excluding steroid dienone is 1. The second kappa shape index (κ2) is 7.11. The molecule has 2 aliphatic carbocycles. The van der Waals surface area contributed by atoms with Crippen LogP contribution in [0.3, 0.4) is 0 Å². The van der Waals surface area contributed by atoms with E-state index in [2.05, 4.69) is 11.9 Å². The van der Waals surface area contributed by atoms with Gasteiger partial charge in [0.05, 0.1) is 0 Å². The maximum absolute atomic E-state index is 2.52. The van der Waals surface area contributed by atoms with Crippen LogP contribution in [0.25, 0.3) is 0 Å². The van der Waals surface area contributed by atoms with Gasteiger partial charge >= 0.3 is 0 Å². The van der Waals surface area contributed by atoms with Gasteiger partial charge in [0, 0.05) is 13.1 Å². The van der Waals surface area contributed by atoms with Crippen molar-refractivity contribution in [2.45, 2.75) is 77.0 Å². The van der Waals surface area contributed by atoms with Crippen LogP contribution in [0.1, 0.15) is 77.0 Å². The SMILES string of the molecule is CN1CCC(=C(C2CCCCC2)C2CCCCC2)CC1. The predicted molar refractivity (Wildman–Crippen MR) is 86.9 cm³/mol. The average molecular weight is 275 g/mol. The lowest BCUT2D eigenvalue weighted by molar-refractivity contribution is 0.289. The zero-order chi connectivity index (χ0) is 13.8. The fraction of sp³-hybridized carbons (Fsp3) is 0.895. The van der Waals surface area contributed by atoms with E-state index in [1.54, 1.807) is 0 Å². The molecule has 1 saturated heterocycles. The van der Waals surface area contributed by atoms with Gasteiger partial charge in [-0.3, -0.25) is 0 Å². The smallest absolute Gasteiger partial charge is 0.00158 e. The topological polar surface area (TPSA) is 3.24 Å². The molecule has 1 heterocycles. The second-order valence-electron chi connectivity index (χ2n) is 7.53. The van der Waals surface area contributed by atoms with Crippen LogP contribution >= 0.6 is 0 Å². The molecule has 114 valence electrons. The molecular formula is C19H33N. The Morgan fingerprint density at radius 1 is 0.750 bits per heavy atom. The van der Waals surface area contributed by atoms with Crippen molar-refractivity contribution in [3.63, 3.8) is 0 Å². The van der Waals surface area contributed by atoms with Gasteiger partial charge in [-0.25, -0.2) is 0 Å². The zero-order valence-corrected chi connectivity index (χ0v) is 13.5. The van der Waals surface area contributed by atoms with E-state index >= 15 is 0 Å². The Labute approximate surface area is 125 Å². The van der Waals surface area contributed by atoms with Crippen molar-refractivity contribution in [1.82, 2.24) is 4.90 Å². The Kier molecular flexibility index (Phi) is 5.20. The first kappa shape index (κ1) is 14.6. The molecule has 0 spiro atoms. The molecule has 3 aliphatic rings. The van der Waals surface area contributed by atoms with E-state index in [1.807, 2.05) is 11.1 Å². The number of likely N-dealkylation sites (tertiary alicyclic amines) is 1. The van der Waals surface area contributed by atoms with Gasteiger partial charge in [0.1, 0.15) is 0 Å². The predicted octanol–water partition coefficient (Wildman–Crippen LogP) is 5.17. The number of nitrogens with zero attached hydrogens (tertiary/aromatic N) is 1. The second-order valence-corrected chi connectivity index (χ2v) is 7.53. The first-order valence-electron chi connectivity index (χ1n) is 9.25. The van der Waals surface area contributed by atoms with Crippen LogP contribution in [0.2, 0.25) is 0 Å². The maximum Gasteiger partial charge on any atom is 0.00158 e. The van der Waals surface area contributed by atoms with Crippen LogP contribution in [0, 0.1) is 11.8 Å². The molecule has 0 bridgehead atoms. The fourth-order valence-corrected chi connectivity index (χ4v) is 4.91. The summed E-state index contributed by atoms with van der Waals surface area (Å²) < 4.78 is 0.